The van der Waals surface area contributed by atoms with Crippen molar-refractivity contribution in [1.29, 1.82) is 0 Å². The van der Waals surface area contributed by atoms with Crippen LogP contribution in [0, 0.1) is 0 Å². The highest BCUT2D eigenvalue weighted by Gasteiger charge is 2.18. The van der Waals surface area contributed by atoms with E-state index < -0.39 is 0 Å². The van der Waals surface area contributed by atoms with Gasteiger partial charge in [-0.25, -0.2) is 4.98 Å². The van der Waals surface area contributed by atoms with E-state index in [1.165, 1.54) is 0 Å². The Morgan fingerprint density at radius 1 is 1.03 bits per heavy atom. The predicted octanol–water partition coefficient (Wildman–Crippen LogP) is 6.00. The number of hydrogen-bond donors (Lipinski definition) is 1. The monoisotopic (exact) mass is 486 g/mol. The van der Waals surface area contributed by atoms with E-state index in [0.717, 1.165) is 26.0 Å². The Bertz CT molecular complexity index is 1350. The molecule has 0 aliphatic carbocycles. The zero-order valence-electron chi connectivity index (χ0n) is 18.3. The smallest absolute Gasteiger partial charge is 0.229 e. The van der Waals surface area contributed by atoms with Gasteiger partial charge in [-0.15, -0.1) is 22.7 Å². The van der Waals surface area contributed by atoms with Gasteiger partial charge >= 0.3 is 0 Å². The van der Waals surface area contributed by atoms with Crippen LogP contribution in [-0.4, -0.2) is 27.3 Å². The largest absolute Gasteiger partial charge is 0.492 e. The number of aromatic nitrogens is 3. The third kappa shape index (κ3) is 5.41. The summed E-state index contributed by atoms with van der Waals surface area (Å²) in [6.45, 7) is 1.15. The summed E-state index contributed by atoms with van der Waals surface area (Å²) in [7, 11) is 0. The minimum Gasteiger partial charge on any atom is -0.492 e. The van der Waals surface area contributed by atoms with Crippen LogP contribution in [0.3, 0.4) is 0 Å². The summed E-state index contributed by atoms with van der Waals surface area (Å²) < 4.78 is 7.64. The molecule has 0 aliphatic heterocycles. The number of nitrogens with zero attached hydrogens (tertiary/aromatic N) is 3. The van der Waals surface area contributed by atoms with Gasteiger partial charge in [0, 0.05) is 34.6 Å². The topological polar surface area (TPSA) is 69.0 Å². The number of hydrogen-bond acceptors (Lipinski definition) is 6. The summed E-state index contributed by atoms with van der Waals surface area (Å²) in [4.78, 5) is 19.8. The lowest BCUT2D eigenvalue weighted by Gasteiger charge is -2.09. The molecule has 0 bridgehead atoms. The SMILES string of the molecule is O=C(Cc1sc(-c2ccccc2)nc1-c1cccs1)Nc1cccc(OCCn2cccn2)c1. The highest BCUT2D eigenvalue weighted by molar-refractivity contribution is 7.17. The van der Waals surface area contributed by atoms with Crippen LogP contribution < -0.4 is 10.1 Å². The van der Waals surface area contributed by atoms with Crippen LogP contribution >= 0.6 is 22.7 Å². The second kappa shape index (κ2) is 10.5. The van der Waals surface area contributed by atoms with E-state index in [0.29, 0.717) is 24.6 Å². The van der Waals surface area contributed by atoms with Crippen LogP contribution in [0.4, 0.5) is 5.69 Å². The summed E-state index contributed by atoms with van der Waals surface area (Å²) in [6.07, 6.45) is 3.89. The molecule has 6 nitrogen and oxygen atoms in total. The standard InChI is InChI=1S/C26H22N4O2S2/c31-24(28-20-9-4-10-21(17-20)32-15-14-30-13-6-12-27-30)18-23-25(22-11-5-16-33-22)29-26(34-23)19-7-2-1-3-8-19/h1-13,16-17H,14-15,18H2,(H,28,31). The summed E-state index contributed by atoms with van der Waals surface area (Å²) in [6, 6.07) is 23.4. The van der Waals surface area contributed by atoms with Crippen LogP contribution in [0.2, 0.25) is 0 Å². The van der Waals surface area contributed by atoms with Gasteiger partial charge in [0.2, 0.25) is 5.91 Å². The van der Waals surface area contributed by atoms with E-state index in [1.807, 2.05) is 89.1 Å². The fraction of sp³-hybridized carbons (Fsp3) is 0.115. The molecule has 3 heterocycles. The molecule has 2 aromatic carbocycles. The fourth-order valence-corrected chi connectivity index (χ4v) is 5.37. The molecule has 1 amide bonds. The van der Waals surface area contributed by atoms with E-state index in [1.54, 1.807) is 28.9 Å². The van der Waals surface area contributed by atoms with E-state index in [4.69, 9.17) is 9.72 Å². The molecule has 5 aromatic rings. The Balaban J connectivity index is 1.27. The molecule has 0 saturated heterocycles. The summed E-state index contributed by atoms with van der Waals surface area (Å²) in [5.74, 6) is 0.614. The Kier molecular flexibility index (Phi) is 6.78. The van der Waals surface area contributed by atoms with Crippen molar-refractivity contribution >= 4 is 34.3 Å². The summed E-state index contributed by atoms with van der Waals surface area (Å²) >= 11 is 3.19. The quantitative estimate of drug-likeness (QED) is 0.278. The molecule has 34 heavy (non-hydrogen) atoms. The predicted molar refractivity (Wildman–Crippen MR) is 137 cm³/mol. The van der Waals surface area contributed by atoms with Gasteiger partial charge in [0.25, 0.3) is 0 Å². The number of rotatable bonds is 9. The van der Waals surface area contributed by atoms with Crippen molar-refractivity contribution in [2.24, 2.45) is 0 Å². The lowest BCUT2D eigenvalue weighted by molar-refractivity contribution is -0.115. The number of benzene rings is 2. The fourth-order valence-electron chi connectivity index (χ4n) is 3.49. The average Bonchev–Trinajstić information content (AvgIpc) is 3.62. The van der Waals surface area contributed by atoms with Gasteiger partial charge in [-0.2, -0.15) is 5.10 Å². The number of ether oxygens (including phenoxy) is 1. The highest BCUT2D eigenvalue weighted by atomic mass is 32.1. The van der Waals surface area contributed by atoms with Crippen molar-refractivity contribution in [2.45, 2.75) is 13.0 Å². The van der Waals surface area contributed by atoms with Gasteiger partial charge in [0.15, 0.2) is 0 Å². The van der Waals surface area contributed by atoms with Crippen LogP contribution in [-0.2, 0) is 17.8 Å². The van der Waals surface area contributed by atoms with Crippen molar-refractivity contribution in [3.63, 3.8) is 0 Å². The Morgan fingerprint density at radius 2 is 1.94 bits per heavy atom. The summed E-state index contributed by atoms with van der Waals surface area (Å²) in [5.41, 5.74) is 2.63. The molecular formula is C26H22N4O2S2. The number of carbonyl (C=O) groups is 1. The van der Waals surface area contributed by atoms with Crippen molar-refractivity contribution in [3.8, 4) is 26.9 Å². The molecule has 0 atom stereocenters. The lowest BCUT2D eigenvalue weighted by Crippen LogP contribution is -2.14. The number of thiazole rings is 1. The summed E-state index contributed by atoms with van der Waals surface area (Å²) in [5, 5.41) is 10.1. The van der Waals surface area contributed by atoms with Gasteiger partial charge in [0.1, 0.15) is 17.4 Å². The maximum absolute atomic E-state index is 12.9. The molecule has 5 rings (SSSR count). The van der Waals surface area contributed by atoms with E-state index in [-0.39, 0.29) is 12.3 Å². The number of anilines is 1. The number of nitrogens with one attached hydrogen (secondary N) is 1. The van der Waals surface area contributed by atoms with Gasteiger partial charge in [0.05, 0.1) is 23.5 Å². The molecule has 0 saturated carbocycles. The van der Waals surface area contributed by atoms with Crippen LogP contribution in [0.15, 0.2) is 90.6 Å². The van der Waals surface area contributed by atoms with Gasteiger partial charge in [-0.05, 0) is 29.6 Å². The normalized spacial score (nSPS) is 10.8. The second-order valence-electron chi connectivity index (χ2n) is 7.50. The molecule has 0 radical (unpaired) electrons. The Labute approximate surface area is 205 Å². The minimum atomic E-state index is -0.0882. The molecular weight excluding hydrogens is 464 g/mol. The minimum absolute atomic E-state index is 0.0882. The Hall–Kier alpha value is -3.75. The molecule has 0 unspecified atom stereocenters. The average molecular weight is 487 g/mol. The molecule has 3 aromatic heterocycles. The Morgan fingerprint density at radius 3 is 2.74 bits per heavy atom. The van der Waals surface area contributed by atoms with E-state index in [2.05, 4.69) is 10.4 Å². The van der Waals surface area contributed by atoms with Crippen molar-refractivity contribution in [3.05, 3.63) is 95.4 Å². The maximum atomic E-state index is 12.9. The number of carbonyl (C=O) groups excluding carboxylic acids is 1. The molecule has 1 N–H and O–H groups in total. The van der Waals surface area contributed by atoms with Crippen molar-refractivity contribution < 1.29 is 9.53 Å². The van der Waals surface area contributed by atoms with Crippen LogP contribution in [0.5, 0.6) is 5.75 Å². The van der Waals surface area contributed by atoms with Gasteiger partial charge in [-0.1, -0.05) is 42.5 Å². The number of thiophene rings is 1. The lowest BCUT2D eigenvalue weighted by atomic mass is 10.2. The first kappa shape index (κ1) is 22.1. The van der Waals surface area contributed by atoms with E-state index >= 15 is 0 Å². The molecule has 0 aliphatic rings. The first-order chi connectivity index (χ1) is 16.7. The third-order valence-corrected chi connectivity index (χ3v) is 7.04. The van der Waals surface area contributed by atoms with E-state index in [9.17, 15) is 4.79 Å². The number of amides is 1. The van der Waals surface area contributed by atoms with Gasteiger partial charge < -0.3 is 10.1 Å². The van der Waals surface area contributed by atoms with Crippen molar-refractivity contribution in [2.75, 3.05) is 11.9 Å². The van der Waals surface area contributed by atoms with Crippen LogP contribution in [0.25, 0.3) is 21.1 Å². The van der Waals surface area contributed by atoms with Crippen LogP contribution in [0.1, 0.15) is 4.88 Å². The maximum Gasteiger partial charge on any atom is 0.229 e. The van der Waals surface area contributed by atoms with Gasteiger partial charge in [-0.3, -0.25) is 9.48 Å². The van der Waals surface area contributed by atoms with Crippen molar-refractivity contribution in [1.82, 2.24) is 14.8 Å². The highest BCUT2D eigenvalue weighted by Crippen LogP contribution is 2.36. The third-order valence-electron chi connectivity index (χ3n) is 5.06. The molecule has 0 spiro atoms. The molecule has 0 fully saturated rings. The zero-order valence-corrected chi connectivity index (χ0v) is 19.9. The zero-order chi connectivity index (χ0) is 23.2. The first-order valence-electron chi connectivity index (χ1n) is 10.8. The molecule has 170 valence electrons. The first-order valence-corrected chi connectivity index (χ1v) is 12.5. The second-order valence-corrected chi connectivity index (χ2v) is 9.54. The molecule has 8 heteroatoms.